The van der Waals surface area contributed by atoms with Gasteiger partial charge in [0.05, 0.1) is 0 Å². The molecule has 0 aliphatic carbocycles. The van der Waals surface area contributed by atoms with Gasteiger partial charge in [0.25, 0.3) is 5.91 Å². The number of hydrogen-bond donors (Lipinski definition) is 1. The molecule has 1 aromatic heterocycles. The lowest BCUT2D eigenvalue weighted by molar-refractivity contribution is 0.0487. The third kappa shape index (κ3) is 3.68. The Labute approximate surface area is 163 Å². The van der Waals surface area contributed by atoms with Crippen molar-refractivity contribution in [2.75, 3.05) is 19.8 Å². The maximum Gasteiger partial charge on any atom is 0.251 e. The van der Waals surface area contributed by atoms with Gasteiger partial charge in [-0.3, -0.25) is 9.78 Å². The van der Waals surface area contributed by atoms with Crippen molar-refractivity contribution in [1.29, 1.82) is 0 Å². The summed E-state index contributed by atoms with van der Waals surface area (Å²) in [5.74, 6) is -0.0633. The number of pyridine rings is 1. The maximum atomic E-state index is 12.9. The summed E-state index contributed by atoms with van der Waals surface area (Å²) < 4.78 is 5.57. The van der Waals surface area contributed by atoms with E-state index in [-0.39, 0.29) is 11.3 Å². The van der Waals surface area contributed by atoms with E-state index in [1.807, 2.05) is 36.4 Å². The van der Waals surface area contributed by atoms with Crippen LogP contribution in [0.5, 0.6) is 0 Å². The van der Waals surface area contributed by atoms with Gasteiger partial charge in [0.2, 0.25) is 0 Å². The summed E-state index contributed by atoms with van der Waals surface area (Å²) in [6, 6.07) is 15.5. The molecule has 4 nitrogen and oxygen atoms in total. The number of rotatable bonds is 4. The highest BCUT2D eigenvalue weighted by atomic mass is 35.5. The second kappa shape index (κ2) is 7.67. The van der Waals surface area contributed by atoms with Crippen LogP contribution in [-0.2, 0) is 10.2 Å². The molecule has 0 atom stereocenters. The first-order chi connectivity index (χ1) is 13.2. The summed E-state index contributed by atoms with van der Waals surface area (Å²) >= 11 is 6.06. The molecular formula is C22H21ClN2O2. The van der Waals surface area contributed by atoms with Crippen LogP contribution >= 0.6 is 11.6 Å². The van der Waals surface area contributed by atoms with Gasteiger partial charge in [-0.1, -0.05) is 35.9 Å². The van der Waals surface area contributed by atoms with Crippen molar-refractivity contribution in [1.82, 2.24) is 10.3 Å². The molecule has 0 spiro atoms. The number of nitrogens with zero attached hydrogens (tertiary/aromatic N) is 1. The predicted molar refractivity (Wildman–Crippen MR) is 107 cm³/mol. The molecule has 1 fully saturated rings. The molecular weight excluding hydrogens is 360 g/mol. The van der Waals surface area contributed by atoms with Crippen LogP contribution < -0.4 is 5.32 Å². The highest BCUT2D eigenvalue weighted by Crippen LogP contribution is 2.35. The van der Waals surface area contributed by atoms with Crippen LogP contribution in [0.2, 0.25) is 5.02 Å². The van der Waals surface area contributed by atoms with Gasteiger partial charge in [0.15, 0.2) is 0 Å². The fraction of sp³-hybridized carbons (Fsp3) is 0.273. The summed E-state index contributed by atoms with van der Waals surface area (Å²) in [6.07, 6.45) is 5.23. The first-order valence-electron chi connectivity index (χ1n) is 9.13. The van der Waals surface area contributed by atoms with Crippen molar-refractivity contribution in [3.05, 3.63) is 77.1 Å². The van der Waals surface area contributed by atoms with Gasteiger partial charge in [-0.05, 0) is 48.1 Å². The molecule has 1 aliphatic rings. The number of benzene rings is 2. The number of amides is 1. The van der Waals surface area contributed by atoms with Crippen molar-refractivity contribution < 1.29 is 9.53 Å². The maximum absolute atomic E-state index is 12.9. The fourth-order valence-electron chi connectivity index (χ4n) is 3.80. The van der Waals surface area contributed by atoms with E-state index in [2.05, 4.69) is 22.4 Å². The molecule has 1 saturated heterocycles. The molecule has 0 saturated carbocycles. The third-order valence-corrected chi connectivity index (χ3v) is 5.67. The summed E-state index contributed by atoms with van der Waals surface area (Å²) in [6.45, 7) is 1.95. The van der Waals surface area contributed by atoms with Crippen molar-refractivity contribution >= 4 is 28.3 Å². The molecule has 0 unspecified atom stereocenters. The minimum absolute atomic E-state index is 0.0633. The average Bonchev–Trinajstić information content (AvgIpc) is 2.73. The lowest BCUT2D eigenvalue weighted by atomic mass is 9.74. The molecule has 0 radical (unpaired) electrons. The highest BCUT2D eigenvalue weighted by molar-refractivity contribution is 6.30. The Kier molecular flexibility index (Phi) is 5.10. The van der Waals surface area contributed by atoms with Gasteiger partial charge in [-0.25, -0.2) is 0 Å². The first-order valence-corrected chi connectivity index (χ1v) is 9.51. The average molecular weight is 381 g/mol. The number of aromatic nitrogens is 1. The predicted octanol–water partition coefficient (Wildman–Crippen LogP) is 4.37. The Morgan fingerprint density at radius 2 is 1.89 bits per heavy atom. The van der Waals surface area contributed by atoms with Crippen LogP contribution in [0.25, 0.3) is 10.8 Å². The number of ether oxygens (including phenoxy) is 1. The first kappa shape index (κ1) is 18.0. The molecule has 3 aromatic rings. The topological polar surface area (TPSA) is 51.2 Å². The number of halogens is 1. The van der Waals surface area contributed by atoms with Gasteiger partial charge in [0, 0.05) is 53.5 Å². The van der Waals surface area contributed by atoms with E-state index in [4.69, 9.17) is 16.3 Å². The quantitative estimate of drug-likeness (QED) is 0.731. The zero-order valence-electron chi connectivity index (χ0n) is 15.0. The van der Waals surface area contributed by atoms with E-state index in [9.17, 15) is 4.79 Å². The van der Waals surface area contributed by atoms with Gasteiger partial charge in [-0.2, -0.15) is 0 Å². The molecule has 0 bridgehead atoms. The van der Waals surface area contributed by atoms with E-state index in [0.717, 1.165) is 23.6 Å². The molecule has 138 valence electrons. The monoisotopic (exact) mass is 380 g/mol. The summed E-state index contributed by atoms with van der Waals surface area (Å²) in [5.41, 5.74) is 1.73. The van der Waals surface area contributed by atoms with Gasteiger partial charge in [0.1, 0.15) is 0 Å². The summed E-state index contributed by atoms with van der Waals surface area (Å²) in [4.78, 5) is 17.1. The molecule has 5 heteroatoms. The van der Waals surface area contributed by atoms with Crippen molar-refractivity contribution in [3.63, 3.8) is 0 Å². The smallest absolute Gasteiger partial charge is 0.251 e. The molecule has 2 aromatic carbocycles. The van der Waals surface area contributed by atoms with Crippen LogP contribution in [0.1, 0.15) is 28.8 Å². The van der Waals surface area contributed by atoms with E-state index in [1.54, 1.807) is 12.4 Å². The van der Waals surface area contributed by atoms with E-state index < -0.39 is 0 Å². The Morgan fingerprint density at radius 1 is 1.11 bits per heavy atom. The van der Waals surface area contributed by atoms with E-state index in [0.29, 0.717) is 30.3 Å². The molecule has 1 amide bonds. The fourth-order valence-corrected chi connectivity index (χ4v) is 3.92. The second-order valence-electron chi connectivity index (χ2n) is 6.98. The number of nitrogens with one attached hydrogen (secondary N) is 1. The SMILES string of the molecule is O=C(NCC1(c2ccc(Cl)cc2)CCOCC1)c1cccc2cnccc12. The molecule has 2 heterocycles. The van der Waals surface area contributed by atoms with Crippen LogP contribution in [0.4, 0.5) is 0 Å². The Morgan fingerprint density at radius 3 is 2.67 bits per heavy atom. The van der Waals surface area contributed by atoms with Crippen LogP contribution in [-0.4, -0.2) is 30.6 Å². The Bertz CT molecular complexity index is 945. The van der Waals surface area contributed by atoms with Crippen LogP contribution in [0.3, 0.4) is 0 Å². The summed E-state index contributed by atoms with van der Waals surface area (Å²) in [5, 5.41) is 5.76. The minimum atomic E-state index is -0.134. The number of fused-ring (bicyclic) bond motifs is 1. The van der Waals surface area contributed by atoms with E-state index in [1.165, 1.54) is 5.56 Å². The number of carbonyl (C=O) groups is 1. The normalized spacial score (nSPS) is 16.2. The van der Waals surface area contributed by atoms with Crippen molar-refractivity contribution in [3.8, 4) is 0 Å². The number of hydrogen-bond acceptors (Lipinski definition) is 3. The standard InChI is InChI=1S/C22H21ClN2O2/c23-18-6-4-17(5-7-18)22(9-12-27-13-10-22)15-25-21(26)20-3-1-2-16-14-24-11-8-19(16)20/h1-8,11,14H,9-10,12-13,15H2,(H,25,26). The van der Waals surface area contributed by atoms with Gasteiger partial charge in [-0.15, -0.1) is 0 Å². The Hall–Kier alpha value is -2.43. The van der Waals surface area contributed by atoms with Crippen molar-refractivity contribution in [2.24, 2.45) is 0 Å². The summed E-state index contributed by atoms with van der Waals surface area (Å²) in [7, 11) is 0. The van der Waals surface area contributed by atoms with Gasteiger partial charge >= 0.3 is 0 Å². The van der Waals surface area contributed by atoms with Crippen molar-refractivity contribution in [2.45, 2.75) is 18.3 Å². The minimum Gasteiger partial charge on any atom is -0.381 e. The molecule has 4 rings (SSSR count). The Balaban J connectivity index is 1.59. The number of carbonyl (C=O) groups excluding carboxylic acids is 1. The lowest BCUT2D eigenvalue weighted by Crippen LogP contribution is -2.44. The third-order valence-electron chi connectivity index (χ3n) is 5.42. The zero-order chi connectivity index (χ0) is 18.7. The lowest BCUT2D eigenvalue weighted by Gasteiger charge is -2.38. The molecule has 27 heavy (non-hydrogen) atoms. The molecule has 1 N–H and O–H groups in total. The van der Waals surface area contributed by atoms with E-state index >= 15 is 0 Å². The van der Waals surface area contributed by atoms with Gasteiger partial charge < -0.3 is 10.1 Å². The van der Waals surface area contributed by atoms with Crippen LogP contribution in [0, 0.1) is 0 Å². The largest absolute Gasteiger partial charge is 0.381 e. The second-order valence-corrected chi connectivity index (χ2v) is 7.42. The highest BCUT2D eigenvalue weighted by Gasteiger charge is 2.35. The van der Waals surface area contributed by atoms with Crippen LogP contribution in [0.15, 0.2) is 60.9 Å². The zero-order valence-corrected chi connectivity index (χ0v) is 15.7. The molecule has 1 aliphatic heterocycles.